The zero-order valence-corrected chi connectivity index (χ0v) is 18.8. The maximum atomic E-state index is 12.5. The highest BCUT2D eigenvalue weighted by Crippen LogP contribution is 2.35. The van der Waals surface area contributed by atoms with Gasteiger partial charge in [-0.05, 0) is 54.6 Å². The van der Waals surface area contributed by atoms with Crippen LogP contribution in [0.5, 0.6) is 17.2 Å². The van der Waals surface area contributed by atoms with E-state index in [0.29, 0.717) is 28.7 Å². The van der Waals surface area contributed by atoms with Crippen LogP contribution in [-0.4, -0.2) is 31.1 Å². The Labute approximate surface area is 199 Å². The molecule has 178 valence electrons. The molecule has 3 heterocycles. The Hall–Kier alpha value is -4.58. The van der Waals surface area contributed by atoms with Gasteiger partial charge in [0, 0.05) is 24.1 Å². The van der Waals surface area contributed by atoms with Crippen molar-refractivity contribution in [2.24, 2.45) is 0 Å². The Kier molecular flexibility index (Phi) is 5.94. The van der Waals surface area contributed by atoms with E-state index in [2.05, 4.69) is 20.0 Å². The normalized spacial score (nSPS) is 12.2. The highest BCUT2D eigenvalue weighted by Gasteiger charge is 2.17. The van der Waals surface area contributed by atoms with Crippen molar-refractivity contribution in [3.63, 3.8) is 0 Å². The molecule has 0 aliphatic carbocycles. The lowest BCUT2D eigenvalue weighted by Crippen LogP contribution is -2.15. The summed E-state index contributed by atoms with van der Waals surface area (Å²) in [5.74, 6) is 1.82. The van der Waals surface area contributed by atoms with E-state index < -0.39 is 15.9 Å². The van der Waals surface area contributed by atoms with Crippen molar-refractivity contribution in [1.29, 1.82) is 0 Å². The van der Waals surface area contributed by atoms with E-state index in [4.69, 9.17) is 18.6 Å². The molecule has 1 aliphatic rings. The van der Waals surface area contributed by atoms with E-state index >= 15 is 0 Å². The number of hydrogen-bond donors (Lipinski definition) is 2. The van der Waals surface area contributed by atoms with Gasteiger partial charge < -0.3 is 23.9 Å². The Balaban J connectivity index is 1.18. The predicted molar refractivity (Wildman–Crippen MR) is 123 cm³/mol. The van der Waals surface area contributed by atoms with Crippen LogP contribution in [0.2, 0.25) is 0 Å². The fourth-order valence-corrected chi connectivity index (χ4v) is 4.10. The molecule has 2 aromatic carbocycles. The molecule has 0 unspecified atom stereocenters. The standard InChI is InChI=1S/C23H18N4O7S/c28-22(20-9-5-17(34-20)13-31-16-4-8-19-21(12-16)33-14-32-19)26-15-2-6-18(7-3-15)35(29,30)27-23-24-10-1-11-25-23/h1-12H,13-14H2,(H,26,28)(H,24,25,27). The number of fused-ring (bicyclic) bond motifs is 1. The van der Waals surface area contributed by atoms with Gasteiger partial charge in [-0.3, -0.25) is 4.79 Å². The number of sulfonamides is 1. The molecule has 0 radical (unpaired) electrons. The molecule has 35 heavy (non-hydrogen) atoms. The summed E-state index contributed by atoms with van der Waals surface area (Å²) in [6, 6.07) is 15.6. The molecule has 0 saturated carbocycles. The number of carbonyl (C=O) groups excluding carboxylic acids is 1. The Morgan fingerprint density at radius 1 is 0.971 bits per heavy atom. The van der Waals surface area contributed by atoms with Crippen molar-refractivity contribution in [1.82, 2.24) is 9.97 Å². The summed E-state index contributed by atoms with van der Waals surface area (Å²) in [7, 11) is -3.88. The Morgan fingerprint density at radius 3 is 2.54 bits per heavy atom. The van der Waals surface area contributed by atoms with Crippen molar-refractivity contribution < 1.29 is 31.8 Å². The van der Waals surface area contributed by atoms with Gasteiger partial charge in [-0.15, -0.1) is 0 Å². The van der Waals surface area contributed by atoms with Gasteiger partial charge in [-0.1, -0.05) is 0 Å². The van der Waals surface area contributed by atoms with Gasteiger partial charge in [0.1, 0.15) is 18.1 Å². The van der Waals surface area contributed by atoms with Crippen molar-refractivity contribution in [2.75, 3.05) is 16.8 Å². The smallest absolute Gasteiger partial charge is 0.291 e. The number of nitrogens with zero attached hydrogens (tertiary/aromatic N) is 2. The van der Waals surface area contributed by atoms with E-state index in [-0.39, 0.29) is 30.0 Å². The summed E-state index contributed by atoms with van der Waals surface area (Å²) in [5.41, 5.74) is 0.388. The van der Waals surface area contributed by atoms with Crippen LogP contribution in [-0.2, 0) is 16.6 Å². The first kappa shape index (κ1) is 22.2. The molecule has 1 amide bonds. The number of hydrogen-bond acceptors (Lipinski definition) is 9. The van der Waals surface area contributed by atoms with Gasteiger partial charge in [0.05, 0.1) is 4.90 Å². The fourth-order valence-electron chi connectivity index (χ4n) is 3.14. The van der Waals surface area contributed by atoms with Crippen LogP contribution < -0.4 is 24.2 Å². The summed E-state index contributed by atoms with van der Waals surface area (Å²) >= 11 is 0. The van der Waals surface area contributed by atoms with Gasteiger partial charge in [0.25, 0.3) is 15.9 Å². The minimum Gasteiger partial charge on any atom is -0.486 e. The van der Waals surface area contributed by atoms with Crippen molar-refractivity contribution >= 4 is 27.6 Å². The minimum atomic E-state index is -3.88. The Bertz CT molecular complexity index is 1450. The first-order valence-electron chi connectivity index (χ1n) is 10.3. The number of benzene rings is 2. The molecule has 0 atom stereocenters. The van der Waals surface area contributed by atoms with Gasteiger partial charge in [-0.25, -0.2) is 23.1 Å². The topological polar surface area (TPSA) is 142 Å². The zero-order chi connectivity index (χ0) is 24.3. The van der Waals surface area contributed by atoms with Gasteiger partial charge in [0.2, 0.25) is 12.7 Å². The number of carbonyl (C=O) groups is 1. The van der Waals surface area contributed by atoms with E-state index in [1.54, 1.807) is 30.3 Å². The monoisotopic (exact) mass is 494 g/mol. The van der Waals surface area contributed by atoms with Crippen LogP contribution in [0.3, 0.4) is 0 Å². The van der Waals surface area contributed by atoms with E-state index in [0.717, 1.165) is 0 Å². The van der Waals surface area contributed by atoms with Crippen LogP contribution in [0.1, 0.15) is 16.3 Å². The highest BCUT2D eigenvalue weighted by molar-refractivity contribution is 7.92. The van der Waals surface area contributed by atoms with E-state index in [1.165, 1.54) is 42.7 Å². The zero-order valence-electron chi connectivity index (χ0n) is 18.0. The van der Waals surface area contributed by atoms with Crippen LogP contribution in [0, 0.1) is 0 Å². The lowest BCUT2D eigenvalue weighted by molar-refractivity contribution is 0.0992. The first-order valence-corrected chi connectivity index (χ1v) is 11.8. The summed E-state index contributed by atoms with van der Waals surface area (Å²) in [6.45, 7) is 0.283. The number of ether oxygens (including phenoxy) is 3. The largest absolute Gasteiger partial charge is 0.486 e. The average molecular weight is 494 g/mol. The fraction of sp³-hybridized carbons (Fsp3) is 0.0870. The summed E-state index contributed by atoms with van der Waals surface area (Å²) < 4.78 is 49.0. The molecule has 4 aromatic rings. The summed E-state index contributed by atoms with van der Waals surface area (Å²) in [4.78, 5) is 20.2. The van der Waals surface area contributed by atoms with E-state index in [9.17, 15) is 13.2 Å². The molecule has 0 bridgehead atoms. The second-order valence-electron chi connectivity index (χ2n) is 7.23. The summed E-state index contributed by atoms with van der Waals surface area (Å²) in [6.07, 6.45) is 2.85. The molecule has 2 N–H and O–H groups in total. The minimum absolute atomic E-state index is 0.0103. The molecular weight excluding hydrogens is 476 g/mol. The van der Waals surface area contributed by atoms with Gasteiger partial charge in [-0.2, -0.15) is 0 Å². The molecule has 0 fully saturated rings. The first-order chi connectivity index (χ1) is 17.0. The van der Waals surface area contributed by atoms with Crippen LogP contribution >= 0.6 is 0 Å². The number of aromatic nitrogens is 2. The maximum absolute atomic E-state index is 12.5. The second-order valence-corrected chi connectivity index (χ2v) is 8.91. The maximum Gasteiger partial charge on any atom is 0.291 e. The van der Waals surface area contributed by atoms with Crippen LogP contribution in [0.25, 0.3) is 0 Å². The van der Waals surface area contributed by atoms with Crippen molar-refractivity contribution in [2.45, 2.75) is 11.5 Å². The molecule has 0 saturated heterocycles. The molecule has 1 aliphatic heterocycles. The van der Waals surface area contributed by atoms with Gasteiger partial charge in [0.15, 0.2) is 17.3 Å². The molecule has 2 aromatic heterocycles. The summed E-state index contributed by atoms with van der Waals surface area (Å²) in [5, 5.41) is 2.66. The number of anilines is 2. The number of furan rings is 1. The molecule has 11 nitrogen and oxygen atoms in total. The number of amides is 1. The predicted octanol–water partition coefficient (Wildman–Crippen LogP) is 3.43. The van der Waals surface area contributed by atoms with Gasteiger partial charge >= 0.3 is 0 Å². The highest BCUT2D eigenvalue weighted by atomic mass is 32.2. The SMILES string of the molecule is O=C(Nc1ccc(S(=O)(=O)Nc2ncccn2)cc1)c1ccc(COc2ccc3c(c2)OCO3)o1. The number of rotatable bonds is 8. The van der Waals surface area contributed by atoms with Crippen molar-refractivity contribution in [3.8, 4) is 17.2 Å². The third-order valence-electron chi connectivity index (χ3n) is 4.82. The van der Waals surface area contributed by atoms with Crippen LogP contribution in [0.15, 0.2) is 82.4 Å². The average Bonchev–Trinajstić information content (AvgIpc) is 3.53. The lowest BCUT2D eigenvalue weighted by Gasteiger charge is -2.08. The van der Waals surface area contributed by atoms with Crippen molar-refractivity contribution in [3.05, 3.63) is 84.6 Å². The third kappa shape index (κ3) is 5.17. The molecule has 12 heteroatoms. The lowest BCUT2D eigenvalue weighted by atomic mass is 10.3. The van der Waals surface area contributed by atoms with E-state index in [1.807, 2.05) is 0 Å². The Morgan fingerprint density at radius 2 is 1.74 bits per heavy atom. The van der Waals surface area contributed by atoms with Crippen LogP contribution in [0.4, 0.5) is 11.6 Å². The third-order valence-corrected chi connectivity index (χ3v) is 6.17. The molecule has 0 spiro atoms. The quantitative estimate of drug-likeness (QED) is 0.377. The second kappa shape index (κ2) is 9.35. The molecule has 5 rings (SSSR count). The molecular formula is C23H18N4O7S. The number of nitrogens with one attached hydrogen (secondary N) is 2.